The van der Waals surface area contributed by atoms with Crippen molar-refractivity contribution in [3.63, 3.8) is 0 Å². The van der Waals surface area contributed by atoms with Crippen molar-refractivity contribution in [1.82, 2.24) is 19.6 Å². The van der Waals surface area contributed by atoms with Crippen molar-refractivity contribution in [1.29, 1.82) is 0 Å². The monoisotopic (exact) mass is 340 g/mol. The van der Waals surface area contributed by atoms with Gasteiger partial charge in [0.1, 0.15) is 0 Å². The Balaban J connectivity index is 1.39. The van der Waals surface area contributed by atoms with Gasteiger partial charge in [-0.2, -0.15) is 5.10 Å². The van der Waals surface area contributed by atoms with Gasteiger partial charge in [0.05, 0.1) is 11.8 Å². The van der Waals surface area contributed by atoms with Gasteiger partial charge in [-0.25, -0.2) is 8.78 Å². The van der Waals surface area contributed by atoms with Crippen LogP contribution in [0.2, 0.25) is 0 Å². The summed E-state index contributed by atoms with van der Waals surface area (Å²) in [6.45, 7) is 3.43. The van der Waals surface area contributed by atoms with E-state index in [0.29, 0.717) is 11.5 Å². The van der Waals surface area contributed by atoms with Gasteiger partial charge in [0.25, 0.3) is 5.91 Å². The van der Waals surface area contributed by atoms with Crippen LogP contribution < -0.4 is 0 Å². The van der Waals surface area contributed by atoms with E-state index in [1.54, 1.807) is 29.0 Å². The number of piperidine rings is 1. The molecule has 0 bridgehead atoms. The number of rotatable bonds is 5. The zero-order chi connectivity index (χ0) is 17.3. The standard InChI is InChI=1S/C17H26F2N4O/c1-21(16(24)15-9-20-22(2)12-15)10-13-3-5-23(6-4-13)11-14-7-17(18,19)8-14/h9,12-14H,3-8,10-11H2,1-2H3. The molecule has 134 valence electrons. The Morgan fingerprint density at radius 3 is 2.54 bits per heavy atom. The van der Waals surface area contributed by atoms with Crippen LogP contribution in [0.1, 0.15) is 36.0 Å². The minimum absolute atomic E-state index is 0.00206. The molecule has 0 spiro atoms. The molecule has 2 fully saturated rings. The maximum absolute atomic E-state index is 12.9. The summed E-state index contributed by atoms with van der Waals surface area (Å²) in [5.41, 5.74) is 0.614. The molecule has 1 aromatic rings. The van der Waals surface area contributed by atoms with Crippen molar-refractivity contribution in [3.05, 3.63) is 18.0 Å². The van der Waals surface area contributed by atoms with Gasteiger partial charge in [-0.1, -0.05) is 0 Å². The van der Waals surface area contributed by atoms with Crippen LogP contribution in [0.15, 0.2) is 12.4 Å². The molecule has 0 unspecified atom stereocenters. The van der Waals surface area contributed by atoms with Gasteiger partial charge in [0.2, 0.25) is 5.92 Å². The summed E-state index contributed by atoms with van der Waals surface area (Å²) in [6.07, 6.45) is 5.47. The third-order valence-corrected chi connectivity index (χ3v) is 5.23. The van der Waals surface area contributed by atoms with Gasteiger partial charge in [0, 0.05) is 46.2 Å². The molecule has 7 heteroatoms. The normalized spacial score (nSPS) is 22.3. The molecular weight excluding hydrogens is 314 g/mol. The fraction of sp³-hybridized carbons (Fsp3) is 0.765. The third kappa shape index (κ3) is 4.12. The average molecular weight is 340 g/mol. The number of aromatic nitrogens is 2. The first kappa shape index (κ1) is 17.3. The van der Waals surface area contributed by atoms with Gasteiger partial charge in [-0.05, 0) is 37.8 Å². The van der Waals surface area contributed by atoms with Gasteiger partial charge >= 0.3 is 0 Å². The van der Waals surface area contributed by atoms with Crippen molar-refractivity contribution >= 4 is 5.91 Å². The molecule has 0 atom stereocenters. The average Bonchev–Trinajstić information content (AvgIpc) is 2.93. The first-order valence-electron chi connectivity index (χ1n) is 8.67. The zero-order valence-corrected chi connectivity index (χ0v) is 14.4. The number of carbonyl (C=O) groups is 1. The van der Waals surface area contributed by atoms with Gasteiger partial charge < -0.3 is 9.80 Å². The number of hydrogen-bond acceptors (Lipinski definition) is 3. The second kappa shape index (κ2) is 6.78. The molecule has 0 aromatic carbocycles. The lowest BCUT2D eigenvalue weighted by Crippen LogP contribution is -2.46. The molecule has 3 rings (SSSR count). The predicted octanol–water partition coefficient (Wildman–Crippen LogP) is 2.25. The van der Waals surface area contributed by atoms with E-state index >= 15 is 0 Å². The van der Waals surface area contributed by atoms with Crippen molar-refractivity contribution in [2.75, 3.05) is 33.2 Å². The van der Waals surface area contributed by atoms with Crippen molar-refractivity contribution in [3.8, 4) is 0 Å². The Morgan fingerprint density at radius 2 is 2.00 bits per heavy atom. The van der Waals surface area contributed by atoms with Crippen LogP contribution >= 0.6 is 0 Å². The zero-order valence-electron chi connectivity index (χ0n) is 14.4. The lowest BCUT2D eigenvalue weighted by atomic mass is 9.80. The number of halogens is 2. The molecule has 0 N–H and O–H groups in total. The lowest BCUT2D eigenvalue weighted by Gasteiger charge is -2.40. The first-order valence-corrected chi connectivity index (χ1v) is 8.67. The summed E-state index contributed by atoms with van der Waals surface area (Å²) in [4.78, 5) is 16.4. The Bertz CT molecular complexity index is 573. The van der Waals surface area contributed by atoms with Crippen molar-refractivity contribution in [2.45, 2.75) is 31.6 Å². The van der Waals surface area contributed by atoms with Crippen LogP contribution in [0, 0.1) is 11.8 Å². The maximum atomic E-state index is 12.9. The summed E-state index contributed by atoms with van der Waals surface area (Å²) < 4.78 is 27.4. The molecular formula is C17H26F2N4O. The van der Waals surface area contributed by atoms with E-state index in [0.717, 1.165) is 39.0 Å². The minimum Gasteiger partial charge on any atom is -0.341 e. The molecule has 1 saturated heterocycles. The van der Waals surface area contributed by atoms with E-state index < -0.39 is 5.92 Å². The summed E-state index contributed by atoms with van der Waals surface area (Å²) in [5, 5.41) is 4.04. The summed E-state index contributed by atoms with van der Waals surface area (Å²) in [6, 6.07) is 0. The topological polar surface area (TPSA) is 41.4 Å². The predicted molar refractivity (Wildman–Crippen MR) is 87.0 cm³/mol. The van der Waals surface area contributed by atoms with Crippen molar-refractivity contribution in [2.24, 2.45) is 18.9 Å². The van der Waals surface area contributed by atoms with Crippen LogP contribution in [-0.2, 0) is 7.05 Å². The molecule has 24 heavy (non-hydrogen) atoms. The fourth-order valence-electron chi connectivity index (χ4n) is 3.85. The van der Waals surface area contributed by atoms with E-state index in [4.69, 9.17) is 0 Å². The van der Waals surface area contributed by atoms with E-state index in [2.05, 4.69) is 10.00 Å². The van der Waals surface area contributed by atoms with Gasteiger partial charge in [-0.15, -0.1) is 0 Å². The summed E-state index contributed by atoms with van der Waals surface area (Å²) >= 11 is 0. The number of likely N-dealkylation sites (tertiary alicyclic amines) is 1. The van der Waals surface area contributed by atoms with Gasteiger partial charge in [-0.3, -0.25) is 9.48 Å². The van der Waals surface area contributed by atoms with Crippen LogP contribution in [-0.4, -0.2) is 64.6 Å². The molecule has 2 heterocycles. The molecule has 2 aliphatic rings. The van der Waals surface area contributed by atoms with Gasteiger partial charge in [0.15, 0.2) is 0 Å². The van der Waals surface area contributed by atoms with E-state index in [1.807, 2.05) is 7.05 Å². The highest BCUT2D eigenvalue weighted by Gasteiger charge is 2.45. The van der Waals surface area contributed by atoms with E-state index in [1.165, 1.54) is 0 Å². The Kier molecular flexibility index (Phi) is 4.90. The molecule has 5 nitrogen and oxygen atoms in total. The number of nitrogens with zero attached hydrogens (tertiary/aromatic N) is 4. The van der Waals surface area contributed by atoms with E-state index in [9.17, 15) is 13.6 Å². The second-order valence-corrected chi connectivity index (χ2v) is 7.46. The largest absolute Gasteiger partial charge is 0.341 e. The number of aryl methyl sites for hydroxylation is 1. The summed E-state index contributed by atoms with van der Waals surface area (Å²) in [7, 11) is 3.63. The molecule has 1 aliphatic carbocycles. The first-order chi connectivity index (χ1) is 11.3. The quantitative estimate of drug-likeness (QED) is 0.826. The minimum atomic E-state index is -2.42. The molecule has 0 radical (unpaired) electrons. The Labute approximate surface area is 141 Å². The maximum Gasteiger partial charge on any atom is 0.256 e. The number of hydrogen-bond donors (Lipinski definition) is 0. The number of carbonyl (C=O) groups excluding carboxylic acids is 1. The van der Waals surface area contributed by atoms with Crippen LogP contribution in [0.3, 0.4) is 0 Å². The molecule has 1 aromatic heterocycles. The van der Waals surface area contributed by atoms with Crippen LogP contribution in [0.25, 0.3) is 0 Å². The highest BCUT2D eigenvalue weighted by atomic mass is 19.3. The van der Waals surface area contributed by atoms with E-state index in [-0.39, 0.29) is 24.7 Å². The SMILES string of the molecule is CN(CC1CCN(CC2CC(F)(F)C2)CC1)C(=O)c1cnn(C)c1. The number of alkyl halides is 2. The van der Waals surface area contributed by atoms with Crippen LogP contribution in [0.4, 0.5) is 8.78 Å². The highest BCUT2D eigenvalue weighted by Crippen LogP contribution is 2.42. The Morgan fingerprint density at radius 1 is 1.33 bits per heavy atom. The highest BCUT2D eigenvalue weighted by molar-refractivity contribution is 5.93. The summed E-state index contributed by atoms with van der Waals surface area (Å²) in [5.74, 6) is -1.78. The van der Waals surface area contributed by atoms with Crippen LogP contribution in [0.5, 0.6) is 0 Å². The second-order valence-electron chi connectivity index (χ2n) is 7.46. The number of amides is 1. The molecule has 1 saturated carbocycles. The third-order valence-electron chi connectivity index (χ3n) is 5.23. The lowest BCUT2D eigenvalue weighted by molar-refractivity contribution is -0.117. The molecule has 1 amide bonds. The fourth-order valence-corrected chi connectivity index (χ4v) is 3.85. The van der Waals surface area contributed by atoms with Crippen molar-refractivity contribution < 1.29 is 13.6 Å². The Hall–Kier alpha value is -1.50. The molecule has 1 aliphatic heterocycles. The smallest absolute Gasteiger partial charge is 0.256 e.